The van der Waals surface area contributed by atoms with E-state index in [1.807, 2.05) is 36.5 Å². The van der Waals surface area contributed by atoms with Gasteiger partial charge in [-0.2, -0.15) is 5.10 Å². The minimum atomic E-state index is -0.236. The Balaban J connectivity index is 2.03. The van der Waals surface area contributed by atoms with E-state index < -0.39 is 0 Å². The summed E-state index contributed by atoms with van der Waals surface area (Å²) in [5.41, 5.74) is 8.93. The van der Waals surface area contributed by atoms with E-state index in [-0.39, 0.29) is 5.56 Å². The maximum Gasteiger partial charge on any atom is 0.253 e. The Morgan fingerprint density at radius 2 is 2.05 bits per heavy atom. The van der Waals surface area contributed by atoms with E-state index in [4.69, 9.17) is 5.73 Å². The Labute approximate surface area is 112 Å². The summed E-state index contributed by atoms with van der Waals surface area (Å²) in [6, 6.07) is 11.1. The van der Waals surface area contributed by atoms with Gasteiger partial charge >= 0.3 is 0 Å². The van der Waals surface area contributed by atoms with Crippen molar-refractivity contribution in [2.75, 3.05) is 5.73 Å². The molecular formula is C14H11N5O. The van der Waals surface area contributed by atoms with Gasteiger partial charge < -0.3 is 15.7 Å². The van der Waals surface area contributed by atoms with Gasteiger partial charge in [-0.15, -0.1) is 0 Å². The first kappa shape index (κ1) is 10.9. The number of fused-ring (bicyclic) bond motifs is 2. The topological polar surface area (TPSA) is 92.0 Å². The molecule has 0 saturated carbocycles. The molecule has 3 heterocycles. The lowest BCUT2D eigenvalue weighted by molar-refractivity contribution is 0.948. The van der Waals surface area contributed by atoms with E-state index in [1.165, 1.54) is 10.6 Å². The molecule has 0 radical (unpaired) electrons. The predicted molar refractivity (Wildman–Crippen MR) is 77.5 cm³/mol. The zero-order valence-electron chi connectivity index (χ0n) is 10.4. The molecule has 0 atom stereocenters. The standard InChI is InChI=1S/C14H11N5O/c15-12-6-14(20)17-13-5-11(18-19(12)13)9-7-16-10-4-2-1-3-8(9)10/h1-7,16H,15H2,(H,17,20). The van der Waals surface area contributed by atoms with E-state index in [0.29, 0.717) is 11.5 Å². The Kier molecular flexibility index (Phi) is 2.03. The van der Waals surface area contributed by atoms with Crippen molar-refractivity contribution in [2.24, 2.45) is 0 Å². The van der Waals surface area contributed by atoms with E-state index in [9.17, 15) is 4.79 Å². The van der Waals surface area contributed by atoms with Crippen LogP contribution in [0.5, 0.6) is 0 Å². The highest BCUT2D eigenvalue weighted by Crippen LogP contribution is 2.28. The predicted octanol–water partition coefficient (Wildman–Crippen LogP) is 1.75. The van der Waals surface area contributed by atoms with Crippen LogP contribution in [0.2, 0.25) is 0 Å². The fourth-order valence-electron chi connectivity index (χ4n) is 2.44. The molecule has 0 aliphatic rings. The van der Waals surface area contributed by atoms with Crippen LogP contribution in [0.1, 0.15) is 0 Å². The Morgan fingerprint density at radius 1 is 1.20 bits per heavy atom. The van der Waals surface area contributed by atoms with Gasteiger partial charge in [0.25, 0.3) is 5.56 Å². The lowest BCUT2D eigenvalue weighted by Crippen LogP contribution is -2.10. The maximum atomic E-state index is 11.4. The molecule has 0 amide bonds. The summed E-state index contributed by atoms with van der Waals surface area (Å²) in [5.74, 6) is 0.315. The number of aromatic amines is 2. The van der Waals surface area contributed by atoms with Gasteiger partial charge in [-0.3, -0.25) is 4.79 Å². The molecule has 0 fully saturated rings. The summed E-state index contributed by atoms with van der Waals surface area (Å²) in [5, 5.41) is 5.53. The Bertz CT molecular complexity index is 992. The van der Waals surface area contributed by atoms with Gasteiger partial charge in [0.05, 0.1) is 5.69 Å². The lowest BCUT2D eigenvalue weighted by Gasteiger charge is -1.96. The van der Waals surface area contributed by atoms with Gasteiger partial charge in [-0.25, -0.2) is 4.52 Å². The van der Waals surface area contributed by atoms with Crippen molar-refractivity contribution < 1.29 is 0 Å². The molecule has 20 heavy (non-hydrogen) atoms. The molecule has 98 valence electrons. The molecule has 0 bridgehead atoms. The number of para-hydroxylation sites is 1. The van der Waals surface area contributed by atoms with Crippen LogP contribution in [0.3, 0.4) is 0 Å². The van der Waals surface area contributed by atoms with E-state index in [2.05, 4.69) is 15.1 Å². The molecule has 0 aliphatic carbocycles. The highest BCUT2D eigenvalue weighted by molar-refractivity contribution is 5.95. The summed E-state index contributed by atoms with van der Waals surface area (Å²) in [6.45, 7) is 0. The molecule has 4 N–H and O–H groups in total. The molecular weight excluding hydrogens is 254 g/mol. The first-order chi connectivity index (χ1) is 9.72. The van der Waals surface area contributed by atoms with Gasteiger partial charge in [0.15, 0.2) is 0 Å². The number of aromatic nitrogens is 4. The lowest BCUT2D eigenvalue weighted by atomic mass is 10.1. The molecule has 3 aromatic heterocycles. The molecule has 4 aromatic rings. The number of benzene rings is 1. The largest absolute Gasteiger partial charge is 0.383 e. The molecule has 1 aromatic carbocycles. The van der Waals surface area contributed by atoms with Crippen molar-refractivity contribution in [3.05, 3.63) is 52.9 Å². The van der Waals surface area contributed by atoms with Crippen molar-refractivity contribution in [1.82, 2.24) is 19.6 Å². The SMILES string of the molecule is Nc1cc(=O)[nH]c2cc(-c3c[nH]c4ccccc34)nn12. The van der Waals surface area contributed by atoms with Crippen molar-refractivity contribution in [3.63, 3.8) is 0 Å². The van der Waals surface area contributed by atoms with Gasteiger partial charge in [-0.1, -0.05) is 18.2 Å². The number of nitrogen functional groups attached to an aromatic ring is 1. The third-order valence-electron chi connectivity index (χ3n) is 3.35. The average molecular weight is 265 g/mol. The molecule has 6 heteroatoms. The number of H-pyrrole nitrogens is 2. The number of rotatable bonds is 1. The number of nitrogens with zero attached hydrogens (tertiary/aromatic N) is 2. The van der Waals surface area contributed by atoms with Gasteiger partial charge in [0, 0.05) is 34.8 Å². The quantitative estimate of drug-likeness (QED) is 0.489. The summed E-state index contributed by atoms with van der Waals surface area (Å²) < 4.78 is 1.53. The third kappa shape index (κ3) is 1.45. The second-order valence-corrected chi connectivity index (χ2v) is 4.63. The van der Waals surface area contributed by atoms with Crippen LogP contribution in [0.25, 0.3) is 27.8 Å². The molecule has 0 spiro atoms. The summed E-state index contributed by atoms with van der Waals surface area (Å²) in [4.78, 5) is 17.3. The summed E-state index contributed by atoms with van der Waals surface area (Å²) in [7, 11) is 0. The van der Waals surface area contributed by atoms with E-state index >= 15 is 0 Å². The van der Waals surface area contributed by atoms with Crippen LogP contribution in [0.15, 0.2) is 47.4 Å². The van der Waals surface area contributed by atoms with Gasteiger partial charge in [0.2, 0.25) is 0 Å². The minimum Gasteiger partial charge on any atom is -0.383 e. The smallest absolute Gasteiger partial charge is 0.253 e. The monoisotopic (exact) mass is 265 g/mol. The normalized spacial score (nSPS) is 11.4. The summed E-state index contributed by atoms with van der Waals surface area (Å²) >= 11 is 0. The fourth-order valence-corrected chi connectivity index (χ4v) is 2.44. The Morgan fingerprint density at radius 3 is 2.95 bits per heavy atom. The zero-order valence-corrected chi connectivity index (χ0v) is 10.4. The first-order valence-corrected chi connectivity index (χ1v) is 6.17. The van der Waals surface area contributed by atoms with Crippen LogP contribution in [0, 0.1) is 0 Å². The average Bonchev–Trinajstić information content (AvgIpc) is 3.01. The third-order valence-corrected chi connectivity index (χ3v) is 3.35. The van der Waals surface area contributed by atoms with Crippen molar-refractivity contribution in [1.29, 1.82) is 0 Å². The second kappa shape index (κ2) is 3.74. The van der Waals surface area contributed by atoms with Crippen LogP contribution in [-0.2, 0) is 0 Å². The first-order valence-electron chi connectivity index (χ1n) is 6.17. The highest BCUT2D eigenvalue weighted by atomic mass is 16.1. The van der Waals surface area contributed by atoms with E-state index in [0.717, 1.165) is 22.2 Å². The Hall–Kier alpha value is -3.02. The summed E-state index contributed by atoms with van der Waals surface area (Å²) in [6.07, 6.45) is 1.90. The van der Waals surface area contributed by atoms with Crippen LogP contribution in [-0.4, -0.2) is 19.6 Å². The van der Waals surface area contributed by atoms with Crippen LogP contribution >= 0.6 is 0 Å². The van der Waals surface area contributed by atoms with Crippen molar-refractivity contribution in [3.8, 4) is 11.3 Å². The van der Waals surface area contributed by atoms with Crippen molar-refractivity contribution >= 4 is 22.4 Å². The van der Waals surface area contributed by atoms with Crippen LogP contribution in [0.4, 0.5) is 5.82 Å². The number of hydrogen-bond acceptors (Lipinski definition) is 3. The zero-order chi connectivity index (χ0) is 13.7. The minimum absolute atomic E-state index is 0.236. The van der Waals surface area contributed by atoms with Gasteiger partial charge in [-0.05, 0) is 6.07 Å². The number of anilines is 1. The number of nitrogens with two attached hydrogens (primary N) is 1. The molecule has 0 saturated heterocycles. The van der Waals surface area contributed by atoms with Crippen LogP contribution < -0.4 is 11.3 Å². The molecule has 0 unspecified atom stereocenters. The molecule has 4 rings (SSSR count). The second-order valence-electron chi connectivity index (χ2n) is 4.63. The van der Waals surface area contributed by atoms with E-state index in [1.54, 1.807) is 0 Å². The fraction of sp³-hybridized carbons (Fsp3) is 0. The molecule has 6 nitrogen and oxygen atoms in total. The molecule has 0 aliphatic heterocycles. The van der Waals surface area contributed by atoms with Gasteiger partial charge in [0.1, 0.15) is 11.5 Å². The number of nitrogens with one attached hydrogen (secondary N) is 2. The van der Waals surface area contributed by atoms with Crippen molar-refractivity contribution in [2.45, 2.75) is 0 Å². The highest BCUT2D eigenvalue weighted by Gasteiger charge is 2.11. The maximum absolute atomic E-state index is 11.4. The number of hydrogen-bond donors (Lipinski definition) is 3.